The fraction of sp³-hybridized carbons (Fsp3) is 0.357. The Morgan fingerprint density at radius 3 is 2.14 bits per heavy atom. The number of ether oxygens (including phenoxy) is 1. The van der Waals surface area contributed by atoms with Gasteiger partial charge in [0.15, 0.2) is 0 Å². The van der Waals surface area contributed by atoms with Crippen molar-refractivity contribution in [2.24, 2.45) is 11.8 Å². The molecule has 2 aromatic carbocycles. The fourth-order valence-electron chi connectivity index (χ4n) is 4.14. The summed E-state index contributed by atoms with van der Waals surface area (Å²) in [5.74, 6) is -2.98. The molecule has 8 heteroatoms. The molecule has 8 nitrogen and oxygen atoms in total. The number of ketones is 1. The number of methoxy groups -OCH3 is 1. The highest BCUT2D eigenvalue weighted by molar-refractivity contribution is 6.46. The summed E-state index contributed by atoms with van der Waals surface area (Å²) in [6.07, 6.45) is 0.381. The first-order chi connectivity index (χ1) is 17.1. The molecular weight excluding hydrogens is 458 g/mol. The van der Waals surface area contributed by atoms with E-state index in [9.17, 15) is 19.2 Å². The van der Waals surface area contributed by atoms with Gasteiger partial charge >= 0.3 is 5.97 Å². The summed E-state index contributed by atoms with van der Waals surface area (Å²) < 4.78 is 4.82. The van der Waals surface area contributed by atoms with Gasteiger partial charge in [0.25, 0.3) is 11.7 Å². The molecule has 1 heterocycles. The van der Waals surface area contributed by atoms with Crippen molar-refractivity contribution in [2.45, 2.75) is 46.2 Å². The van der Waals surface area contributed by atoms with Crippen molar-refractivity contribution in [3.8, 4) is 11.3 Å². The van der Waals surface area contributed by atoms with Crippen LogP contribution in [0.25, 0.3) is 22.2 Å². The highest BCUT2D eigenvalue weighted by Crippen LogP contribution is 2.30. The number of hydrogen-bond acceptors (Lipinski definition) is 5. The third kappa shape index (κ3) is 6.00. The smallest absolute Gasteiger partial charge is 0.328 e. The van der Waals surface area contributed by atoms with Gasteiger partial charge in [-0.2, -0.15) is 0 Å². The average Bonchev–Trinajstić information content (AvgIpc) is 3.25. The largest absolute Gasteiger partial charge is 0.467 e. The Morgan fingerprint density at radius 1 is 0.889 bits per heavy atom. The molecule has 3 aromatic rings. The molecule has 190 valence electrons. The van der Waals surface area contributed by atoms with E-state index in [-0.39, 0.29) is 17.4 Å². The van der Waals surface area contributed by atoms with Gasteiger partial charge in [-0.25, -0.2) is 4.79 Å². The lowest BCUT2D eigenvalue weighted by molar-refractivity contribution is -0.146. The van der Waals surface area contributed by atoms with Gasteiger partial charge in [-0.15, -0.1) is 0 Å². The summed E-state index contributed by atoms with van der Waals surface area (Å²) in [6, 6.07) is 14.7. The number of para-hydroxylation sites is 1. The van der Waals surface area contributed by atoms with Crippen LogP contribution in [0.15, 0.2) is 54.6 Å². The molecule has 0 saturated heterocycles. The number of aromatic amines is 1. The van der Waals surface area contributed by atoms with E-state index >= 15 is 0 Å². The topological polar surface area (TPSA) is 117 Å². The van der Waals surface area contributed by atoms with Gasteiger partial charge in [0.2, 0.25) is 5.91 Å². The predicted molar refractivity (Wildman–Crippen MR) is 138 cm³/mol. The third-order valence-corrected chi connectivity index (χ3v) is 5.95. The summed E-state index contributed by atoms with van der Waals surface area (Å²) in [5.41, 5.74) is 2.26. The van der Waals surface area contributed by atoms with Gasteiger partial charge in [0.1, 0.15) is 12.1 Å². The van der Waals surface area contributed by atoms with Crippen LogP contribution in [-0.2, 0) is 19.1 Å². The molecule has 36 heavy (non-hydrogen) atoms. The molecular formula is C28H33N3O5. The van der Waals surface area contributed by atoms with Crippen molar-refractivity contribution in [3.63, 3.8) is 0 Å². The van der Waals surface area contributed by atoms with Crippen molar-refractivity contribution in [1.29, 1.82) is 0 Å². The summed E-state index contributed by atoms with van der Waals surface area (Å²) in [4.78, 5) is 55.2. The Hall–Kier alpha value is -3.94. The standard InChI is InChI=1S/C28H33N3O5/c1-16(2)15-21(28(35)36-5)30-26(33)23(17(3)4)31-27(34)25(32)22-19-13-9-10-14-20(19)29-24(22)18-11-7-6-8-12-18/h6-14,16-17,21,23,29H,15H2,1-5H3,(H,30,33)(H,31,34)/t21-,23-/m0/s1. The fourth-order valence-corrected chi connectivity index (χ4v) is 4.14. The van der Waals surface area contributed by atoms with E-state index in [1.54, 1.807) is 26.0 Å². The molecule has 0 bridgehead atoms. The number of aromatic nitrogens is 1. The maximum atomic E-state index is 13.5. The Bertz CT molecular complexity index is 1250. The quantitative estimate of drug-likeness (QED) is 0.226. The molecule has 2 amide bonds. The lowest BCUT2D eigenvalue weighted by Gasteiger charge is -2.25. The van der Waals surface area contributed by atoms with Crippen LogP contribution in [0.1, 0.15) is 44.5 Å². The Balaban J connectivity index is 1.89. The number of fused-ring (bicyclic) bond motifs is 1. The van der Waals surface area contributed by atoms with Crippen LogP contribution in [0.3, 0.4) is 0 Å². The van der Waals surface area contributed by atoms with E-state index in [2.05, 4.69) is 15.6 Å². The maximum Gasteiger partial charge on any atom is 0.328 e. The van der Waals surface area contributed by atoms with E-state index in [1.807, 2.05) is 56.3 Å². The number of carbonyl (C=O) groups excluding carboxylic acids is 4. The highest BCUT2D eigenvalue weighted by Gasteiger charge is 2.32. The van der Waals surface area contributed by atoms with Crippen LogP contribution >= 0.6 is 0 Å². The van der Waals surface area contributed by atoms with E-state index in [0.29, 0.717) is 17.5 Å². The van der Waals surface area contributed by atoms with Crippen molar-refractivity contribution in [2.75, 3.05) is 7.11 Å². The SMILES string of the molecule is COC(=O)[C@H](CC(C)C)NC(=O)[C@@H](NC(=O)C(=O)c1c(-c2ccccc2)[nH]c2ccccc12)C(C)C. The highest BCUT2D eigenvalue weighted by atomic mass is 16.5. The first kappa shape index (κ1) is 26.7. The van der Waals surface area contributed by atoms with Crippen molar-refractivity contribution in [1.82, 2.24) is 15.6 Å². The molecule has 0 aliphatic carbocycles. The number of nitrogens with one attached hydrogen (secondary N) is 3. The normalized spacial score (nSPS) is 12.9. The number of benzene rings is 2. The molecule has 0 saturated carbocycles. The molecule has 0 aliphatic rings. The van der Waals surface area contributed by atoms with Crippen molar-refractivity contribution in [3.05, 3.63) is 60.2 Å². The maximum absolute atomic E-state index is 13.5. The van der Waals surface area contributed by atoms with Crippen LogP contribution in [0, 0.1) is 11.8 Å². The minimum atomic E-state index is -1.02. The molecule has 0 unspecified atom stereocenters. The molecule has 0 aliphatic heterocycles. The van der Waals surface area contributed by atoms with E-state index < -0.39 is 35.7 Å². The molecule has 0 fully saturated rings. The molecule has 3 rings (SSSR count). The molecule has 3 N–H and O–H groups in total. The van der Waals surface area contributed by atoms with Crippen LogP contribution in [0.5, 0.6) is 0 Å². The van der Waals surface area contributed by atoms with Crippen LogP contribution < -0.4 is 10.6 Å². The number of Topliss-reactive ketones (excluding diaryl/α,β-unsaturated/α-hetero) is 1. The predicted octanol–water partition coefficient (Wildman–Crippen LogP) is 3.86. The van der Waals surface area contributed by atoms with Gasteiger partial charge in [-0.05, 0) is 29.9 Å². The summed E-state index contributed by atoms with van der Waals surface area (Å²) in [5, 5.41) is 5.89. The second-order valence-electron chi connectivity index (χ2n) is 9.52. The minimum Gasteiger partial charge on any atom is -0.467 e. The molecule has 1 aromatic heterocycles. The van der Waals surface area contributed by atoms with Crippen LogP contribution in [0.4, 0.5) is 0 Å². The first-order valence-corrected chi connectivity index (χ1v) is 12.0. The Morgan fingerprint density at radius 2 is 1.53 bits per heavy atom. The molecule has 0 radical (unpaired) electrons. The van der Waals surface area contributed by atoms with E-state index in [4.69, 9.17) is 4.74 Å². The number of rotatable bonds is 10. The van der Waals surface area contributed by atoms with Crippen molar-refractivity contribution >= 4 is 34.5 Å². The van der Waals surface area contributed by atoms with Gasteiger partial charge in [0.05, 0.1) is 18.4 Å². The van der Waals surface area contributed by atoms with Gasteiger partial charge in [-0.1, -0.05) is 76.2 Å². The number of H-pyrrole nitrogens is 1. The Kier molecular flexibility index (Phi) is 8.64. The van der Waals surface area contributed by atoms with Gasteiger partial charge < -0.3 is 20.4 Å². The zero-order valence-corrected chi connectivity index (χ0v) is 21.3. The van der Waals surface area contributed by atoms with Crippen LogP contribution in [0.2, 0.25) is 0 Å². The molecule has 0 spiro atoms. The summed E-state index contributed by atoms with van der Waals surface area (Å²) >= 11 is 0. The number of hydrogen-bond donors (Lipinski definition) is 3. The summed E-state index contributed by atoms with van der Waals surface area (Å²) in [6.45, 7) is 7.36. The first-order valence-electron chi connectivity index (χ1n) is 12.0. The Labute approximate surface area is 210 Å². The third-order valence-electron chi connectivity index (χ3n) is 5.95. The zero-order valence-electron chi connectivity index (χ0n) is 21.3. The van der Waals surface area contributed by atoms with Gasteiger partial charge in [0, 0.05) is 10.9 Å². The molecule has 2 atom stereocenters. The summed E-state index contributed by atoms with van der Waals surface area (Å²) in [7, 11) is 1.26. The minimum absolute atomic E-state index is 0.126. The van der Waals surface area contributed by atoms with Crippen molar-refractivity contribution < 1.29 is 23.9 Å². The van der Waals surface area contributed by atoms with Gasteiger partial charge in [-0.3, -0.25) is 14.4 Å². The van der Waals surface area contributed by atoms with Crippen LogP contribution in [-0.4, -0.2) is 47.7 Å². The second kappa shape index (κ2) is 11.7. The number of carbonyl (C=O) groups is 4. The second-order valence-corrected chi connectivity index (χ2v) is 9.52. The average molecular weight is 492 g/mol. The monoisotopic (exact) mass is 491 g/mol. The van der Waals surface area contributed by atoms with E-state index in [1.165, 1.54) is 7.11 Å². The number of esters is 1. The zero-order chi connectivity index (χ0) is 26.4. The number of amides is 2. The lowest BCUT2D eigenvalue weighted by Crippen LogP contribution is -2.55. The lowest BCUT2D eigenvalue weighted by atomic mass is 9.98. The van der Waals surface area contributed by atoms with E-state index in [0.717, 1.165) is 11.1 Å².